The Morgan fingerprint density at radius 3 is 2.37 bits per heavy atom. The van der Waals surface area contributed by atoms with E-state index in [1.54, 1.807) is 0 Å². The molecule has 0 bridgehead atoms. The maximum absolute atomic E-state index is 11.9. The number of hydrogen-bond donors (Lipinski definition) is 2. The second-order valence-electron chi connectivity index (χ2n) is 3.95. The number of carbonyl (C=O) groups excluding carboxylic acids is 1. The predicted molar refractivity (Wildman–Crippen MR) is 69.1 cm³/mol. The molecule has 1 rings (SSSR count). The third-order valence-corrected chi connectivity index (χ3v) is 2.34. The van der Waals surface area contributed by atoms with Crippen molar-refractivity contribution in [3.05, 3.63) is 35.9 Å². The average Bonchev–Trinajstić information content (AvgIpc) is 2.28. The molecule has 0 fully saturated rings. The van der Waals surface area contributed by atoms with Crippen LogP contribution in [0, 0.1) is 0 Å². The quantitative estimate of drug-likeness (QED) is 0.874. The van der Waals surface area contributed by atoms with Crippen LogP contribution in [-0.2, 0) is 11.2 Å². The SMILES string of the molecule is Cl.NC(Cc1ccccc1)C(=O)NCCC(F)(F)F. The standard InChI is InChI=1S/C12H15F3N2O.ClH/c13-12(14,15)6-7-17-11(18)10(16)8-9-4-2-1-3-5-9;/h1-5,10H,6-8,16H2,(H,17,18);1H. The van der Waals surface area contributed by atoms with E-state index in [1.165, 1.54) is 0 Å². The Morgan fingerprint density at radius 2 is 1.84 bits per heavy atom. The zero-order chi connectivity index (χ0) is 13.6. The number of nitrogens with one attached hydrogen (secondary N) is 1. The molecule has 0 aliphatic heterocycles. The second-order valence-corrected chi connectivity index (χ2v) is 3.95. The lowest BCUT2D eigenvalue weighted by molar-refractivity contribution is -0.135. The molecule has 0 aliphatic carbocycles. The van der Waals surface area contributed by atoms with Crippen LogP contribution in [0.5, 0.6) is 0 Å². The number of rotatable bonds is 5. The summed E-state index contributed by atoms with van der Waals surface area (Å²) in [5, 5.41) is 2.18. The summed E-state index contributed by atoms with van der Waals surface area (Å²) >= 11 is 0. The molecule has 1 amide bonds. The Hall–Kier alpha value is -1.27. The number of alkyl halides is 3. The predicted octanol–water partition coefficient (Wildman–Crippen LogP) is 2.05. The van der Waals surface area contributed by atoms with Crippen molar-refractivity contribution in [1.29, 1.82) is 0 Å². The van der Waals surface area contributed by atoms with Gasteiger partial charge in [-0.1, -0.05) is 30.3 Å². The molecule has 0 aliphatic rings. The van der Waals surface area contributed by atoms with Crippen LogP contribution < -0.4 is 11.1 Å². The first-order chi connectivity index (χ1) is 8.38. The van der Waals surface area contributed by atoms with Gasteiger partial charge in [0.2, 0.25) is 5.91 Å². The minimum atomic E-state index is -4.27. The minimum Gasteiger partial charge on any atom is -0.354 e. The van der Waals surface area contributed by atoms with Crippen molar-refractivity contribution in [3.8, 4) is 0 Å². The van der Waals surface area contributed by atoms with E-state index in [9.17, 15) is 18.0 Å². The first-order valence-electron chi connectivity index (χ1n) is 5.52. The van der Waals surface area contributed by atoms with Gasteiger partial charge in [-0.25, -0.2) is 0 Å². The maximum Gasteiger partial charge on any atom is 0.390 e. The third kappa shape index (κ3) is 7.69. The summed E-state index contributed by atoms with van der Waals surface area (Å²) in [6.07, 6.45) is -5.01. The first-order valence-corrected chi connectivity index (χ1v) is 5.52. The molecule has 3 nitrogen and oxygen atoms in total. The van der Waals surface area contributed by atoms with Gasteiger partial charge in [0.1, 0.15) is 0 Å². The molecule has 0 heterocycles. The molecule has 0 saturated heterocycles. The lowest BCUT2D eigenvalue weighted by Crippen LogP contribution is -2.43. The van der Waals surface area contributed by atoms with Crippen LogP contribution >= 0.6 is 12.4 Å². The van der Waals surface area contributed by atoms with Crippen molar-refractivity contribution in [2.45, 2.75) is 25.1 Å². The van der Waals surface area contributed by atoms with Crippen LogP contribution in [0.4, 0.5) is 13.2 Å². The number of nitrogens with two attached hydrogens (primary N) is 1. The van der Waals surface area contributed by atoms with Gasteiger partial charge < -0.3 is 11.1 Å². The van der Waals surface area contributed by atoms with Crippen molar-refractivity contribution in [3.63, 3.8) is 0 Å². The van der Waals surface area contributed by atoms with E-state index in [0.29, 0.717) is 6.42 Å². The molecular formula is C12H16ClF3N2O. The highest BCUT2D eigenvalue weighted by Crippen LogP contribution is 2.18. The van der Waals surface area contributed by atoms with Crippen LogP contribution in [0.1, 0.15) is 12.0 Å². The van der Waals surface area contributed by atoms with Crippen LogP contribution in [0.2, 0.25) is 0 Å². The van der Waals surface area contributed by atoms with E-state index in [2.05, 4.69) is 5.32 Å². The molecule has 1 aromatic rings. The summed E-state index contributed by atoms with van der Waals surface area (Å²) in [6.45, 7) is -0.440. The highest BCUT2D eigenvalue weighted by molar-refractivity contribution is 5.85. The zero-order valence-electron chi connectivity index (χ0n) is 10.1. The molecule has 0 spiro atoms. The van der Waals surface area contributed by atoms with Crippen molar-refractivity contribution in [1.82, 2.24) is 5.32 Å². The summed E-state index contributed by atoms with van der Waals surface area (Å²) in [6, 6.07) is 8.23. The Morgan fingerprint density at radius 1 is 1.26 bits per heavy atom. The molecular weight excluding hydrogens is 281 g/mol. The molecule has 108 valence electrons. The Balaban J connectivity index is 0.00000324. The summed E-state index contributed by atoms with van der Waals surface area (Å²) in [5.74, 6) is -0.567. The van der Waals surface area contributed by atoms with Gasteiger partial charge in [-0.05, 0) is 12.0 Å². The third-order valence-electron chi connectivity index (χ3n) is 2.34. The molecule has 0 aromatic heterocycles. The van der Waals surface area contributed by atoms with Crippen molar-refractivity contribution >= 4 is 18.3 Å². The van der Waals surface area contributed by atoms with Crippen molar-refractivity contribution in [2.75, 3.05) is 6.54 Å². The van der Waals surface area contributed by atoms with E-state index in [-0.39, 0.29) is 12.4 Å². The van der Waals surface area contributed by atoms with Crippen LogP contribution in [0.25, 0.3) is 0 Å². The molecule has 1 aromatic carbocycles. The number of hydrogen-bond acceptors (Lipinski definition) is 2. The normalized spacial score (nSPS) is 12.4. The number of carbonyl (C=O) groups is 1. The van der Waals surface area contributed by atoms with Gasteiger partial charge in [0.15, 0.2) is 0 Å². The molecule has 0 saturated carbocycles. The van der Waals surface area contributed by atoms with Crippen molar-refractivity contribution in [2.24, 2.45) is 5.73 Å². The molecule has 7 heteroatoms. The molecule has 19 heavy (non-hydrogen) atoms. The minimum absolute atomic E-state index is 0. The van der Waals surface area contributed by atoms with E-state index in [1.807, 2.05) is 30.3 Å². The van der Waals surface area contributed by atoms with Gasteiger partial charge in [0.25, 0.3) is 0 Å². The Labute approximate surface area is 115 Å². The van der Waals surface area contributed by atoms with E-state index in [4.69, 9.17) is 5.73 Å². The van der Waals surface area contributed by atoms with Crippen molar-refractivity contribution < 1.29 is 18.0 Å². The fraction of sp³-hybridized carbons (Fsp3) is 0.417. The second kappa shape index (κ2) is 8.01. The van der Waals surface area contributed by atoms with E-state index < -0.39 is 31.1 Å². The lowest BCUT2D eigenvalue weighted by atomic mass is 10.1. The van der Waals surface area contributed by atoms with Gasteiger partial charge in [0, 0.05) is 6.54 Å². The van der Waals surface area contributed by atoms with Gasteiger partial charge in [0.05, 0.1) is 12.5 Å². The number of benzene rings is 1. The topological polar surface area (TPSA) is 55.1 Å². The fourth-order valence-electron chi connectivity index (χ4n) is 1.42. The largest absolute Gasteiger partial charge is 0.390 e. The molecule has 1 atom stereocenters. The number of halogens is 4. The van der Waals surface area contributed by atoms with E-state index >= 15 is 0 Å². The van der Waals surface area contributed by atoms with Crippen LogP contribution in [0.15, 0.2) is 30.3 Å². The average molecular weight is 297 g/mol. The lowest BCUT2D eigenvalue weighted by Gasteiger charge is -2.13. The fourth-order valence-corrected chi connectivity index (χ4v) is 1.42. The molecule has 3 N–H and O–H groups in total. The smallest absolute Gasteiger partial charge is 0.354 e. The van der Waals surface area contributed by atoms with Gasteiger partial charge in [-0.3, -0.25) is 4.79 Å². The zero-order valence-corrected chi connectivity index (χ0v) is 10.9. The molecule has 1 unspecified atom stereocenters. The summed E-state index contributed by atoms with van der Waals surface area (Å²) in [5.41, 5.74) is 6.48. The Kier molecular flexibility index (Phi) is 7.48. The summed E-state index contributed by atoms with van der Waals surface area (Å²) in [4.78, 5) is 11.4. The summed E-state index contributed by atoms with van der Waals surface area (Å²) in [7, 11) is 0. The molecule has 0 radical (unpaired) electrons. The highest BCUT2D eigenvalue weighted by Gasteiger charge is 2.27. The van der Waals surface area contributed by atoms with Gasteiger partial charge in [-0.15, -0.1) is 12.4 Å². The van der Waals surface area contributed by atoms with E-state index in [0.717, 1.165) is 5.56 Å². The van der Waals surface area contributed by atoms with Crippen LogP contribution in [-0.4, -0.2) is 24.7 Å². The number of amides is 1. The van der Waals surface area contributed by atoms with Gasteiger partial charge >= 0.3 is 6.18 Å². The summed E-state index contributed by atoms with van der Waals surface area (Å²) < 4.78 is 35.6. The highest BCUT2D eigenvalue weighted by atomic mass is 35.5. The first kappa shape index (κ1) is 17.7. The monoisotopic (exact) mass is 296 g/mol. The Bertz CT molecular complexity index is 384. The van der Waals surface area contributed by atoms with Gasteiger partial charge in [-0.2, -0.15) is 13.2 Å². The van der Waals surface area contributed by atoms with Crippen LogP contribution in [0.3, 0.4) is 0 Å². The maximum atomic E-state index is 11.9.